The number of aromatic nitrogens is 3. The summed E-state index contributed by atoms with van der Waals surface area (Å²) in [5.41, 5.74) is 2.38. The summed E-state index contributed by atoms with van der Waals surface area (Å²) in [7, 11) is 0. The summed E-state index contributed by atoms with van der Waals surface area (Å²) in [6.07, 6.45) is 7.33. The summed E-state index contributed by atoms with van der Waals surface area (Å²) in [5.74, 6) is 0.549. The summed E-state index contributed by atoms with van der Waals surface area (Å²) in [6.45, 7) is 0. The first-order valence-corrected chi connectivity index (χ1v) is 6.95. The van der Waals surface area contributed by atoms with E-state index in [-0.39, 0.29) is 5.82 Å². The summed E-state index contributed by atoms with van der Waals surface area (Å²) in [4.78, 5) is 8.82. The Morgan fingerprint density at radius 2 is 1.77 bits per heavy atom. The van der Waals surface area contributed by atoms with E-state index in [1.54, 1.807) is 18.5 Å². The zero-order chi connectivity index (χ0) is 14.9. The number of nitrogens with zero attached hydrogens (tertiary/aromatic N) is 3. The van der Waals surface area contributed by atoms with Crippen molar-refractivity contribution in [2.24, 2.45) is 0 Å². The number of rotatable bonds is 2. The van der Waals surface area contributed by atoms with Crippen LogP contribution in [0.5, 0.6) is 0 Å². The van der Waals surface area contributed by atoms with Crippen molar-refractivity contribution in [3.05, 3.63) is 79.1 Å². The van der Waals surface area contributed by atoms with Gasteiger partial charge >= 0.3 is 0 Å². The van der Waals surface area contributed by atoms with E-state index in [0.29, 0.717) is 0 Å². The maximum Gasteiger partial charge on any atom is 0.136 e. The molecule has 0 aliphatic heterocycles. The number of pyridine rings is 2. The van der Waals surface area contributed by atoms with Crippen LogP contribution in [0.4, 0.5) is 4.39 Å². The highest BCUT2D eigenvalue weighted by molar-refractivity contribution is 5.93. The third kappa shape index (κ3) is 2.15. The van der Waals surface area contributed by atoms with Gasteiger partial charge in [0.25, 0.3) is 0 Å². The van der Waals surface area contributed by atoms with E-state index in [1.165, 1.54) is 12.1 Å². The first-order chi connectivity index (χ1) is 10.8. The number of fused-ring (bicyclic) bond motifs is 1. The second-order valence-corrected chi connectivity index (χ2v) is 5.02. The van der Waals surface area contributed by atoms with Gasteiger partial charge in [0.05, 0.1) is 5.52 Å². The Balaban J connectivity index is 1.85. The highest BCUT2D eigenvalue weighted by Gasteiger charge is 2.08. The molecular weight excluding hydrogens is 277 g/mol. The minimum Gasteiger partial charge on any atom is -0.309 e. The first-order valence-electron chi connectivity index (χ1n) is 6.95. The summed E-state index contributed by atoms with van der Waals surface area (Å²) in [5, 5.41) is 0.784. The summed E-state index contributed by atoms with van der Waals surface area (Å²) in [6, 6.07) is 14.4. The van der Waals surface area contributed by atoms with Crippen molar-refractivity contribution in [3.8, 4) is 16.9 Å². The summed E-state index contributed by atoms with van der Waals surface area (Å²) >= 11 is 0. The van der Waals surface area contributed by atoms with Crippen LogP contribution < -0.4 is 0 Å². The lowest BCUT2D eigenvalue weighted by atomic mass is 10.0. The van der Waals surface area contributed by atoms with E-state index in [1.807, 2.05) is 47.3 Å². The van der Waals surface area contributed by atoms with Crippen LogP contribution in [0.2, 0.25) is 0 Å². The highest BCUT2D eigenvalue weighted by atomic mass is 19.1. The third-order valence-electron chi connectivity index (χ3n) is 3.60. The van der Waals surface area contributed by atoms with Crippen LogP contribution in [0.3, 0.4) is 0 Å². The second kappa shape index (κ2) is 5.07. The third-order valence-corrected chi connectivity index (χ3v) is 3.60. The predicted molar refractivity (Wildman–Crippen MR) is 84.3 cm³/mol. The zero-order valence-electron chi connectivity index (χ0n) is 11.6. The van der Waals surface area contributed by atoms with Gasteiger partial charge in [0, 0.05) is 41.3 Å². The molecule has 4 heteroatoms. The molecule has 4 aromatic rings. The molecule has 4 rings (SSSR count). The monoisotopic (exact) mass is 289 g/mol. The molecular formula is C18H12FN3. The molecule has 0 saturated carbocycles. The van der Waals surface area contributed by atoms with Crippen molar-refractivity contribution in [2.45, 2.75) is 0 Å². The Hall–Kier alpha value is -3.01. The van der Waals surface area contributed by atoms with Gasteiger partial charge in [0.1, 0.15) is 11.6 Å². The van der Waals surface area contributed by atoms with Crippen LogP contribution in [-0.2, 0) is 0 Å². The van der Waals surface area contributed by atoms with Crippen molar-refractivity contribution in [2.75, 3.05) is 0 Å². The first kappa shape index (κ1) is 12.7. The normalized spacial score (nSPS) is 11.0. The minimum atomic E-state index is -0.273. The van der Waals surface area contributed by atoms with Crippen LogP contribution >= 0.6 is 0 Å². The molecule has 106 valence electrons. The molecule has 0 spiro atoms. The smallest absolute Gasteiger partial charge is 0.136 e. The second-order valence-electron chi connectivity index (χ2n) is 5.02. The van der Waals surface area contributed by atoms with Gasteiger partial charge in [-0.2, -0.15) is 0 Å². The molecule has 0 aliphatic carbocycles. The van der Waals surface area contributed by atoms with E-state index in [0.717, 1.165) is 27.8 Å². The lowest BCUT2D eigenvalue weighted by Crippen LogP contribution is -1.94. The number of hydrogen-bond acceptors (Lipinski definition) is 2. The van der Waals surface area contributed by atoms with Gasteiger partial charge in [-0.3, -0.25) is 4.98 Å². The van der Waals surface area contributed by atoms with E-state index >= 15 is 0 Å². The maximum absolute atomic E-state index is 13.8. The Bertz CT molecular complexity index is 928. The fraction of sp³-hybridized carbons (Fsp3) is 0. The average Bonchev–Trinajstić information content (AvgIpc) is 3.09. The topological polar surface area (TPSA) is 30.7 Å². The maximum atomic E-state index is 13.8. The Kier molecular flexibility index (Phi) is 2.93. The molecule has 0 fully saturated rings. The van der Waals surface area contributed by atoms with Crippen LogP contribution in [0.15, 0.2) is 73.3 Å². The molecule has 0 bridgehead atoms. The minimum absolute atomic E-state index is 0.273. The molecule has 0 saturated heterocycles. The molecule has 3 aromatic heterocycles. The van der Waals surface area contributed by atoms with E-state index in [9.17, 15) is 4.39 Å². The van der Waals surface area contributed by atoms with E-state index < -0.39 is 0 Å². The lowest BCUT2D eigenvalue weighted by Gasteiger charge is -2.08. The van der Waals surface area contributed by atoms with Gasteiger partial charge in [-0.05, 0) is 42.5 Å². The summed E-state index contributed by atoms with van der Waals surface area (Å²) < 4.78 is 15.8. The van der Waals surface area contributed by atoms with Gasteiger partial charge in [0.2, 0.25) is 0 Å². The van der Waals surface area contributed by atoms with Gasteiger partial charge in [-0.1, -0.05) is 6.07 Å². The van der Waals surface area contributed by atoms with Crippen LogP contribution in [-0.4, -0.2) is 14.5 Å². The van der Waals surface area contributed by atoms with Gasteiger partial charge in [-0.15, -0.1) is 0 Å². The van der Waals surface area contributed by atoms with Crippen molar-refractivity contribution in [1.82, 2.24) is 14.5 Å². The van der Waals surface area contributed by atoms with Gasteiger partial charge in [0.15, 0.2) is 0 Å². The molecule has 0 unspecified atom stereocenters. The molecule has 0 amide bonds. The average molecular weight is 289 g/mol. The highest BCUT2D eigenvalue weighted by Crippen LogP contribution is 2.28. The molecule has 3 nitrogen and oxygen atoms in total. The SMILES string of the molecule is Fc1cc(-c2ccc(-n3cccc3)nc2)c2ncccc2c1. The van der Waals surface area contributed by atoms with Crippen LogP contribution in [0.25, 0.3) is 27.8 Å². The fourth-order valence-corrected chi connectivity index (χ4v) is 2.56. The zero-order valence-corrected chi connectivity index (χ0v) is 11.6. The molecule has 0 N–H and O–H groups in total. The Morgan fingerprint density at radius 3 is 2.55 bits per heavy atom. The molecule has 1 aromatic carbocycles. The van der Waals surface area contributed by atoms with E-state index in [2.05, 4.69) is 9.97 Å². The van der Waals surface area contributed by atoms with E-state index in [4.69, 9.17) is 0 Å². The molecule has 0 radical (unpaired) electrons. The number of benzene rings is 1. The van der Waals surface area contributed by atoms with Crippen molar-refractivity contribution < 1.29 is 4.39 Å². The van der Waals surface area contributed by atoms with Gasteiger partial charge < -0.3 is 4.57 Å². The number of halogens is 1. The quantitative estimate of drug-likeness (QED) is 0.553. The Labute approximate surface area is 126 Å². The predicted octanol–water partition coefficient (Wildman–Crippen LogP) is 4.23. The standard InChI is InChI=1S/C18H12FN3/c19-15-10-13-4-3-7-20-18(13)16(11-15)14-5-6-17(21-12-14)22-8-1-2-9-22/h1-12H. The molecule has 0 atom stereocenters. The lowest BCUT2D eigenvalue weighted by molar-refractivity contribution is 0.630. The molecule has 3 heterocycles. The van der Waals surface area contributed by atoms with Crippen molar-refractivity contribution in [3.63, 3.8) is 0 Å². The largest absolute Gasteiger partial charge is 0.309 e. The van der Waals surface area contributed by atoms with Gasteiger partial charge in [-0.25, -0.2) is 9.37 Å². The van der Waals surface area contributed by atoms with Crippen LogP contribution in [0.1, 0.15) is 0 Å². The number of hydrogen-bond donors (Lipinski definition) is 0. The van der Waals surface area contributed by atoms with Crippen LogP contribution in [0, 0.1) is 5.82 Å². The molecule has 0 aliphatic rings. The fourth-order valence-electron chi connectivity index (χ4n) is 2.56. The molecule has 22 heavy (non-hydrogen) atoms. The van der Waals surface area contributed by atoms with Crippen molar-refractivity contribution >= 4 is 10.9 Å². The Morgan fingerprint density at radius 1 is 0.909 bits per heavy atom. The van der Waals surface area contributed by atoms with Crippen molar-refractivity contribution in [1.29, 1.82) is 0 Å².